The third-order valence-electron chi connectivity index (χ3n) is 5.52. The van der Waals surface area contributed by atoms with Gasteiger partial charge in [-0.05, 0) is 67.9 Å². The molecule has 180 valence electrons. The highest BCUT2D eigenvalue weighted by atomic mass is 19.1. The maximum absolute atomic E-state index is 13.3. The molecule has 0 saturated carbocycles. The van der Waals surface area contributed by atoms with Gasteiger partial charge in [0, 0.05) is 0 Å². The first-order valence-electron chi connectivity index (χ1n) is 11.0. The Morgan fingerprint density at radius 2 is 1.66 bits per heavy atom. The first-order chi connectivity index (χ1) is 16.8. The van der Waals surface area contributed by atoms with Gasteiger partial charge in [-0.15, -0.1) is 0 Å². The number of hydrogen-bond donors (Lipinski definition) is 2. The normalized spacial score (nSPS) is 17.2. The fourth-order valence-electron chi connectivity index (χ4n) is 3.71. The summed E-state index contributed by atoms with van der Waals surface area (Å²) in [5.41, 5.74) is -0.617. The fourth-order valence-corrected chi connectivity index (χ4v) is 3.71. The number of nitrogens with one attached hydrogen (secondary N) is 2. The topological polar surface area (TPSA) is 97.0 Å². The molecule has 2 N–H and O–H groups in total. The lowest BCUT2D eigenvalue weighted by Crippen LogP contribution is -2.42. The summed E-state index contributed by atoms with van der Waals surface area (Å²) in [6.45, 7) is 3.46. The second kappa shape index (κ2) is 9.84. The van der Waals surface area contributed by atoms with Gasteiger partial charge in [0.05, 0.1) is 12.3 Å². The van der Waals surface area contributed by atoms with Crippen LogP contribution in [0.4, 0.5) is 14.9 Å². The number of amides is 4. The Kier molecular flexibility index (Phi) is 6.68. The van der Waals surface area contributed by atoms with Crippen molar-refractivity contribution in [2.75, 3.05) is 18.5 Å². The SMILES string of the molecule is CCOc1ccc(Oc2ccccc2NC(=O)CN2C(=O)NC(C)(c3ccc(F)cc3)C2=O)cc1. The van der Waals surface area contributed by atoms with E-state index in [0.717, 1.165) is 4.90 Å². The molecule has 0 radical (unpaired) electrons. The maximum atomic E-state index is 13.3. The summed E-state index contributed by atoms with van der Waals surface area (Å²) in [5, 5.41) is 5.29. The number of carbonyl (C=O) groups is 3. The molecule has 4 rings (SSSR count). The summed E-state index contributed by atoms with van der Waals surface area (Å²) in [6, 6.07) is 18.4. The molecule has 1 aliphatic heterocycles. The number of imide groups is 1. The van der Waals surface area contributed by atoms with Crippen LogP contribution in [0.2, 0.25) is 0 Å². The van der Waals surface area contributed by atoms with E-state index in [2.05, 4.69) is 10.6 Å². The molecule has 0 bridgehead atoms. The Labute approximate surface area is 201 Å². The quantitative estimate of drug-likeness (QED) is 0.468. The maximum Gasteiger partial charge on any atom is 0.325 e. The zero-order chi connectivity index (χ0) is 25.0. The Morgan fingerprint density at radius 1 is 1.00 bits per heavy atom. The van der Waals surface area contributed by atoms with E-state index in [1.54, 1.807) is 48.5 Å². The van der Waals surface area contributed by atoms with Crippen molar-refractivity contribution in [2.24, 2.45) is 0 Å². The summed E-state index contributed by atoms with van der Waals surface area (Å²) >= 11 is 0. The number of benzene rings is 3. The second-order valence-corrected chi connectivity index (χ2v) is 8.00. The van der Waals surface area contributed by atoms with E-state index in [1.807, 2.05) is 6.92 Å². The molecule has 0 aromatic heterocycles. The monoisotopic (exact) mass is 477 g/mol. The summed E-state index contributed by atoms with van der Waals surface area (Å²) in [6.07, 6.45) is 0. The van der Waals surface area contributed by atoms with E-state index in [1.165, 1.54) is 31.2 Å². The predicted octanol–water partition coefficient (Wildman–Crippen LogP) is 4.42. The first kappa shape index (κ1) is 23.7. The Hall–Kier alpha value is -4.40. The number of hydrogen-bond acceptors (Lipinski definition) is 5. The summed E-state index contributed by atoms with van der Waals surface area (Å²) in [5.74, 6) is -0.0143. The van der Waals surface area contributed by atoms with E-state index in [9.17, 15) is 18.8 Å². The largest absolute Gasteiger partial charge is 0.494 e. The van der Waals surface area contributed by atoms with Gasteiger partial charge >= 0.3 is 6.03 Å². The van der Waals surface area contributed by atoms with Gasteiger partial charge in [-0.1, -0.05) is 24.3 Å². The molecule has 1 atom stereocenters. The van der Waals surface area contributed by atoms with Gasteiger partial charge in [0.15, 0.2) is 5.75 Å². The van der Waals surface area contributed by atoms with Crippen molar-refractivity contribution in [2.45, 2.75) is 19.4 Å². The smallest absolute Gasteiger partial charge is 0.325 e. The van der Waals surface area contributed by atoms with Gasteiger partial charge < -0.3 is 20.1 Å². The molecular formula is C26H24FN3O5. The van der Waals surface area contributed by atoms with Gasteiger partial charge in [-0.25, -0.2) is 9.18 Å². The van der Waals surface area contributed by atoms with Crippen molar-refractivity contribution in [1.29, 1.82) is 0 Å². The van der Waals surface area contributed by atoms with Gasteiger partial charge in [-0.3, -0.25) is 14.5 Å². The van der Waals surface area contributed by atoms with Crippen LogP contribution in [0.5, 0.6) is 17.2 Å². The minimum Gasteiger partial charge on any atom is -0.494 e. The minimum absolute atomic E-state index is 0.375. The van der Waals surface area contributed by atoms with E-state index >= 15 is 0 Å². The highest BCUT2D eigenvalue weighted by Gasteiger charge is 2.49. The average Bonchev–Trinajstić information content (AvgIpc) is 3.06. The van der Waals surface area contributed by atoms with Crippen LogP contribution in [0.3, 0.4) is 0 Å². The molecule has 0 aliphatic carbocycles. The number of rotatable bonds is 8. The molecule has 9 heteroatoms. The number of carbonyl (C=O) groups excluding carboxylic acids is 3. The van der Waals surface area contributed by atoms with Crippen LogP contribution in [0.15, 0.2) is 72.8 Å². The molecule has 3 aromatic rings. The van der Waals surface area contributed by atoms with Crippen LogP contribution in [0.1, 0.15) is 19.4 Å². The van der Waals surface area contributed by atoms with Gasteiger partial charge in [0.1, 0.15) is 29.4 Å². The molecule has 8 nitrogen and oxygen atoms in total. The van der Waals surface area contributed by atoms with Crippen molar-refractivity contribution < 1.29 is 28.2 Å². The van der Waals surface area contributed by atoms with Crippen molar-refractivity contribution in [3.05, 3.63) is 84.2 Å². The van der Waals surface area contributed by atoms with Gasteiger partial charge in [-0.2, -0.15) is 0 Å². The zero-order valence-electron chi connectivity index (χ0n) is 19.2. The molecule has 35 heavy (non-hydrogen) atoms. The molecule has 1 fully saturated rings. The van der Waals surface area contributed by atoms with Crippen molar-refractivity contribution in [3.63, 3.8) is 0 Å². The first-order valence-corrected chi connectivity index (χ1v) is 11.0. The molecule has 0 spiro atoms. The van der Waals surface area contributed by atoms with Crippen LogP contribution in [0.25, 0.3) is 0 Å². The lowest BCUT2D eigenvalue weighted by atomic mass is 9.92. The van der Waals surface area contributed by atoms with Crippen LogP contribution in [0, 0.1) is 5.82 Å². The lowest BCUT2D eigenvalue weighted by molar-refractivity contribution is -0.133. The highest BCUT2D eigenvalue weighted by molar-refractivity contribution is 6.10. The van der Waals surface area contributed by atoms with Gasteiger partial charge in [0.2, 0.25) is 5.91 Å². The van der Waals surface area contributed by atoms with Crippen molar-refractivity contribution in [3.8, 4) is 17.2 Å². The van der Waals surface area contributed by atoms with Crippen LogP contribution in [-0.2, 0) is 15.1 Å². The predicted molar refractivity (Wildman–Crippen MR) is 127 cm³/mol. The minimum atomic E-state index is -1.40. The summed E-state index contributed by atoms with van der Waals surface area (Å²) in [4.78, 5) is 39.1. The summed E-state index contributed by atoms with van der Waals surface area (Å²) < 4.78 is 24.6. The average molecular weight is 477 g/mol. The number of para-hydroxylation sites is 2. The molecule has 1 heterocycles. The molecule has 1 saturated heterocycles. The number of halogens is 1. The second-order valence-electron chi connectivity index (χ2n) is 8.00. The number of ether oxygens (including phenoxy) is 2. The van der Waals surface area contributed by atoms with E-state index in [0.29, 0.717) is 35.1 Å². The fraction of sp³-hybridized carbons (Fsp3) is 0.192. The Bertz CT molecular complexity index is 1250. The van der Waals surface area contributed by atoms with E-state index < -0.39 is 35.7 Å². The van der Waals surface area contributed by atoms with Gasteiger partial charge in [0.25, 0.3) is 5.91 Å². The zero-order valence-corrected chi connectivity index (χ0v) is 19.2. The number of nitrogens with zero attached hydrogens (tertiary/aromatic N) is 1. The molecule has 1 aliphatic rings. The molecule has 3 aromatic carbocycles. The third kappa shape index (κ3) is 5.08. The Balaban J connectivity index is 1.45. The highest BCUT2D eigenvalue weighted by Crippen LogP contribution is 2.31. The summed E-state index contributed by atoms with van der Waals surface area (Å²) in [7, 11) is 0. The van der Waals surface area contributed by atoms with Crippen molar-refractivity contribution in [1.82, 2.24) is 10.2 Å². The van der Waals surface area contributed by atoms with Crippen LogP contribution in [-0.4, -0.2) is 35.9 Å². The molecular weight excluding hydrogens is 453 g/mol. The number of urea groups is 1. The number of anilines is 1. The van der Waals surface area contributed by atoms with Crippen LogP contribution < -0.4 is 20.1 Å². The molecule has 4 amide bonds. The Morgan fingerprint density at radius 3 is 2.34 bits per heavy atom. The third-order valence-corrected chi connectivity index (χ3v) is 5.52. The molecule has 1 unspecified atom stereocenters. The van der Waals surface area contributed by atoms with Crippen LogP contribution >= 0.6 is 0 Å². The van der Waals surface area contributed by atoms with Crippen molar-refractivity contribution >= 4 is 23.5 Å². The van der Waals surface area contributed by atoms with E-state index in [-0.39, 0.29) is 0 Å². The van der Waals surface area contributed by atoms with E-state index in [4.69, 9.17) is 9.47 Å². The standard InChI is InChI=1S/C26H24FN3O5/c1-3-34-19-12-14-20(15-13-19)35-22-7-5-4-6-21(22)28-23(31)16-30-24(32)26(2,29-25(30)33)17-8-10-18(27)11-9-17/h4-15H,3,16H2,1-2H3,(H,28,31)(H,29,33). The lowest BCUT2D eigenvalue weighted by Gasteiger charge is -2.22.